The second kappa shape index (κ2) is 9.21. The molecule has 0 saturated heterocycles. The number of benzene rings is 1. The summed E-state index contributed by atoms with van der Waals surface area (Å²) in [6.45, 7) is 0. The van der Waals surface area contributed by atoms with Gasteiger partial charge < -0.3 is 30.1 Å². The van der Waals surface area contributed by atoms with Crippen molar-refractivity contribution in [2.75, 3.05) is 33.1 Å². The summed E-state index contributed by atoms with van der Waals surface area (Å²) in [5.74, 6) is -9.12. The number of carbonyl (C=O) groups excluding carboxylic acids is 3. The zero-order valence-corrected chi connectivity index (χ0v) is 22.4. The molecule has 1 saturated carbocycles. The van der Waals surface area contributed by atoms with Gasteiger partial charge in [0.05, 0.1) is 11.6 Å². The molecule has 3 aliphatic rings. The van der Waals surface area contributed by atoms with E-state index in [-0.39, 0.29) is 18.4 Å². The third-order valence-corrected chi connectivity index (χ3v) is 8.49. The minimum atomic E-state index is -6.19. The SMILES string of the molecule is CN(C)c1ccc(OS(=O)(=O)C(F)(F)F)c2c1CC1CC3[C@H](N(C)C)C(=O)C(C(N)=O)=C(O)[C@@]3(O)C(=O)C1=C2O. The molecule has 1 aromatic rings. The highest BCUT2D eigenvalue weighted by molar-refractivity contribution is 7.88. The van der Waals surface area contributed by atoms with Crippen LogP contribution < -0.4 is 14.8 Å². The van der Waals surface area contributed by atoms with Gasteiger partial charge in [-0.3, -0.25) is 19.3 Å². The van der Waals surface area contributed by atoms with E-state index in [0.717, 1.165) is 6.07 Å². The lowest BCUT2D eigenvalue weighted by atomic mass is 9.57. The third kappa shape index (κ3) is 4.04. The number of Topliss-reactive ketones (excluding diaryl/α,β-unsaturated/α-hetero) is 2. The fourth-order valence-corrected chi connectivity index (χ4v) is 6.34. The van der Waals surface area contributed by atoms with Crippen LogP contribution in [-0.4, -0.2) is 91.5 Å². The minimum Gasteiger partial charge on any atom is -0.508 e. The molecule has 3 aliphatic carbocycles. The second-order valence-electron chi connectivity index (χ2n) is 10.3. The van der Waals surface area contributed by atoms with Gasteiger partial charge >= 0.3 is 15.6 Å². The summed E-state index contributed by atoms with van der Waals surface area (Å²) in [4.78, 5) is 41.9. The molecule has 4 atom stereocenters. The number of aliphatic hydroxyl groups is 3. The van der Waals surface area contributed by atoms with Gasteiger partial charge in [-0.2, -0.15) is 21.6 Å². The number of amides is 1. The van der Waals surface area contributed by atoms with Crippen LogP contribution in [0.4, 0.5) is 18.9 Å². The lowest BCUT2D eigenvalue weighted by Crippen LogP contribution is -2.65. The molecule has 0 aliphatic heterocycles. The molecule has 4 rings (SSSR count). The summed E-state index contributed by atoms with van der Waals surface area (Å²) in [6.07, 6.45) is -0.351. The minimum absolute atomic E-state index is 0.144. The van der Waals surface area contributed by atoms with Crippen LogP contribution in [0, 0.1) is 11.8 Å². The number of ketones is 2. The van der Waals surface area contributed by atoms with E-state index in [1.54, 1.807) is 19.0 Å². The molecule has 0 aromatic heterocycles. The Balaban J connectivity index is 2.00. The normalized spacial score (nSPS) is 26.9. The van der Waals surface area contributed by atoms with Gasteiger partial charge in [-0.15, -0.1) is 0 Å². The Bertz CT molecular complexity index is 1510. The third-order valence-electron chi connectivity index (χ3n) is 7.53. The summed E-state index contributed by atoms with van der Waals surface area (Å²) in [5, 5.41) is 33.8. The number of hydrogen-bond acceptors (Lipinski definition) is 11. The Labute approximate surface area is 226 Å². The van der Waals surface area contributed by atoms with Crippen LogP contribution in [0.15, 0.2) is 29.0 Å². The summed E-state index contributed by atoms with van der Waals surface area (Å²) >= 11 is 0. The number of aliphatic hydroxyl groups excluding tert-OH is 2. The maximum Gasteiger partial charge on any atom is 0.534 e. The van der Waals surface area contributed by atoms with Crippen molar-refractivity contribution in [1.29, 1.82) is 0 Å². The van der Waals surface area contributed by atoms with Crippen LogP contribution in [0.1, 0.15) is 17.5 Å². The smallest absolute Gasteiger partial charge is 0.508 e. The molecule has 0 radical (unpaired) electrons. The number of rotatable bonds is 5. The van der Waals surface area contributed by atoms with E-state index < -0.39 is 90.6 Å². The summed E-state index contributed by atoms with van der Waals surface area (Å²) in [5.41, 5.74) is -5.03. The van der Waals surface area contributed by atoms with Crippen molar-refractivity contribution >= 4 is 39.0 Å². The number of alkyl halides is 3. The molecule has 0 bridgehead atoms. The van der Waals surface area contributed by atoms with Gasteiger partial charge in [-0.05, 0) is 50.6 Å². The summed E-state index contributed by atoms with van der Waals surface area (Å²) in [6, 6.07) is 0.862. The average molecular weight is 590 g/mol. The molecule has 1 amide bonds. The van der Waals surface area contributed by atoms with E-state index in [1.807, 2.05) is 0 Å². The highest BCUT2D eigenvalue weighted by atomic mass is 32.2. The Morgan fingerprint density at radius 3 is 2.25 bits per heavy atom. The van der Waals surface area contributed by atoms with Crippen molar-refractivity contribution in [3.05, 3.63) is 40.2 Å². The quantitative estimate of drug-likeness (QED) is 0.213. The molecule has 1 aromatic carbocycles. The lowest BCUT2D eigenvalue weighted by Gasteiger charge is -2.50. The van der Waals surface area contributed by atoms with E-state index in [9.17, 15) is 51.3 Å². The number of carbonyl (C=O) groups is 3. The molecule has 16 heteroatoms. The number of likely N-dealkylation sites (N-methyl/N-ethyl adjacent to an activating group) is 1. The van der Waals surface area contributed by atoms with E-state index in [4.69, 9.17) is 5.73 Å². The fraction of sp³-hybridized carbons (Fsp3) is 0.458. The van der Waals surface area contributed by atoms with Gasteiger partial charge in [-0.25, -0.2) is 0 Å². The van der Waals surface area contributed by atoms with Crippen LogP contribution >= 0.6 is 0 Å². The number of nitrogens with two attached hydrogens (primary N) is 1. The number of anilines is 1. The Morgan fingerprint density at radius 1 is 1.15 bits per heavy atom. The van der Waals surface area contributed by atoms with Gasteiger partial charge in [0.15, 0.2) is 17.1 Å². The fourth-order valence-electron chi connectivity index (χ4n) is 5.87. The zero-order valence-electron chi connectivity index (χ0n) is 21.6. The van der Waals surface area contributed by atoms with Gasteiger partial charge in [0.1, 0.15) is 17.1 Å². The first-order chi connectivity index (χ1) is 18.3. The van der Waals surface area contributed by atoms with Crippen molar-refractivity contribution in [3.63, 3.8) is 0 Å². The first-order valence-corrected chi connectivity index (χ1v) is 13.2. The number of fused-ring (bicyclic) bond motifs is 3. The van der Waals surface area contributed by atoms with Gasteiger partial charge in [-0.1, -0.05) is 0 Å². The summed E-state index contributed by atoms with van der Waals surface area (Å²) in [7, 11) is -0.127. The first-order valence-electron chi connectivity index (χ1n) is 11.8. The largest absolute Gasteiger partial charge is 0.534 e. The van der Waals surface area contributed by atoms with Crippen molar-refractivity contribution in [2.45, 2.75) is 30.0 Å². The topological polar surface area (TPSA) is 188 Å². The Kier molecular flexibility index (Phi) is 6.76. The van der Waals surface area contributed by atoms with E-state index in [0.29, 0.717) is 5.69 Å². The van der Waals surface area contributed by atoms with Gasteiger partial charge in [0.2, 0.25) is 5.78 Å². The van der Waals surface area contributed by atoms with Crippen LogP contribution in [0.25, 0.3) is 5.76 Å². The highest BCUT2D eigenvalue weighted by Gasteiger charge is 2.64. The molecule has 1 fully saturated rings. The van der Waals surface area contributed by atoms with E-state index in [2.05, 4.69) is 4.18 Å². The molecule has 0 heterocycles. The number of hydrogen-bond donors (Lipinski definition) is 4. The van der Waals surface area contributed by atoms with Crippen molar-refractivity contribution in [1.82, 2.24) is 4.90 Å². The average Bonchev–Trinajstić information content (AvgIpc) is 2.79. The molecule has 5 N–H and O–H groups in total. The molecule has 40 heavy (non-hydrogen) atoms. The van der Waals surface area contributed by atoms with Crippen LogP contribution in [0.3, 0.4) is 0 Å². The molecular weight excluding hydrogens is 563 g/mol. The van der Waals surface area contributed by atoms with E-state index >= 15 is 0 Å². The first kappa shape index (κ1) is 29.4. The van der Waals surface area contributed by atoms with Gasteiger partial charge in [0.25, 0.3) is 5.91 Å². The maximum atomic E-state index is 13.9. The number of nitrogens with zero attached hydrogens (tertiary/aromatic N) is 2. The molecule has 12 nitrogen and oxygen atoms in total. The van der Waals surface area contributed by atoms with Crippen LogP contribution in [-0.2, 0) is 30.9 Å². The molecular formula is C24H26F3N3O9S. The Hall–Kier alpha value is -3.63. The molecule has 218 valence electrons. The highest BCUT2D eigenvalue weighted by Crippen LogP contribution is 2.54. The number of primary amides is 1. The zero-order chi connectivity index (χ0) is 30.3. The maximum absolute atomic E-state index is 13.9. The number of halogens is 3. The summed E-state index contributed by atoms with van der Waals surface area (Å²) < 4.78 is 67.3. The second-order valence-corrected chi connectivity index (χ2v) is 11.8. The standard InChI is InChI=1S/C24H26F3N3O9S/c1-29(2)12-5-6-13(39-40(37,38)24(25,26)27)15-10(12)7-9-8-11-17(30(3)4)19(32)16(22(28)35)21(34)23(11,36)20(33)14(9)18(15)31/h5-6,9,11,17,31,34,36H,7-8H2,1-4H3,(H2,28,35)/t9?,11?,17-,23-/m0/s1. The van der Waals surface area contributed by atoms with Crippen molar-refractivity contribution in [3.8, 4) is 5.75 Å². The van der Waals surface area contributed by atoms with Gasteiger partial charge in [0, 0.05) is 31.3 Å². The molecule has 2 unspecified atom stereocenters. The Morgan fingerprint density at radius 2 is 1.75 bits per heavy atom. The lowest BCUT2D eigenvalue weighted by molar-refractivity contribution is -0.153. The monoisotopic (exact) mass is 589 g/mol. The predicted octanol–water partition coefficient (Wildman–Crippen LogP) is 0.553. The van der Waals surface area contributed by atoms with Crippen molar-refractivity contribution < 1.29 is 55.5 Å². The van der Waals surface area contributed by atoms with Crippen molar-refractivity contribution in [2.24, 2.45) is 17.6 Å². The predicted molar refractivity (Wildman–Crippen MR) is 133 cm³/mol. The van der Waals surface area contributed by atoms with Crippen LogP contribution in [0.2, 0.25) is 0 Å². The molecule has 0 spiro atoms. The van der Waals surface area contributed by atoms with E-state index in [1.165, 1.54) is 25.1 Å². The van der Waals surface area contributed by atoms with Crippen LogP contribution in [0.5, 0.6) is 5.75 Å².